The Morgan fingerprint density at radius 1 is 0.558 bits per heavy atom. The highest BCUT2D eigenvalue weighted by molar-refractivity contribution is 7.46. The number of likely N-dealkylation sites (tertiary alicyclic amines) is 1. The summed E-state index contributed by atoms with van der Waals surface area (Å²) >= 11 is 0. The summed E-state index contributed by atoms with van der Waals surface area (Å²) in [5.41, 5.74) is 11.5. The molecule has 0 saturated carbocycles. The third-order valence-corrected chi connectivity index (χ3v) is 17.0. The summed E-state index contributed by atoms with van der Waals surface area (Å²) in [5.74, 6) is -20.8. The summed E-state index contributed by atoms with van der Waals surface area (Å²) in [6.45, 7) is 9.86. The van der Waals surface area contributed by atoms with E-state index in [4.69, 9.17) is 21.1 Å². The molecule has 1 aliphatic rings. The largest absolute Gasteiger partial charge is 0.508 e. The molecule has 1 heterocycles. The number of carboxylic acid groups (broad SMARTS) is 3. The lowest BCUT2D eigenvalue weighted by Crippen LogP contribution is -2.62. The van der Waals surface area contributed by atoms with Crippen molar-refractivity contribution in [2.45, 2.75) is 199 Å². The summed E-state index contributed by atoms with van der Waals surface area (Å²) in [6.07, 6.45) is -1.97. The third-order valence-electron chi connectivity index (χ3n) is 16.5. The number of benzene rings is 1. The van der Waals surface area contributed by atoms with Gasteiger partial charge in [-0.3, -0.25) is 76.4 Å². The molecule has 40 nitrogen and oxygen atoms in total. The maximum absolute atomic E-state index is 14.7. The van der Waals surface area contributed by atoms with E-state index in [1.54, 1.807) is 13.8 Å². The average Bonchev–Trinajstić information content (AvgIpc) is 1.60. The molecule has 1 aromatic rings. The highest BCUT2D eigenvalue weighted by Gasteiger charge is 2.43. The minimum absolute atomic E-state index is 0.0741. The minimum atomic E-state index is -5.45. The van der Waals surface area contributed by atoms with E-state index in [1.807, 2.05) is 5.32 Å². The topological polar surface area (TPSA) is 641 Å². The van der Waals surface area contributed by atoms with E-state index in [-0.39, 0.29) is 63.8 Å². The fraction of sp³-hybridized carbons (Fsp3) is 0.651. The number of carbonyl (C=O) groups is 16. The summed E-state index contributed by atoms with van der Waals surface area (Å²) in [6, 6.07) is -13.6. The van der Waals surface area contributed by atoms with E-state index in [0.717, 1.165) is 4.90 Å². The van der Waals surface area contributed by atoms with Crippen LogP contribution in [-0.2, 0) is 92.2 Å². The van der Waals surface area contributed by atoms with Gasteiger partial charge in [0.15, 0.2) is 0 Å². The Kier molecular flexibility index (Phi) is 38.6. The summed E-state index contributed by atoms with van der Waals surface area (Å²) in [7, 11) is -5.45. The fourth-order valence-corrected chi connectivity index (χ4v) is 10.7. The lowest BCUT2D eigenvalue weighted by Gasteiger charge is -2.32. The zero-order valence-corrected chi connectivity index (χ0v) is 60.3. The van der Waals surface area contributed by atoms with E-state index in [9.17, 15) is 111 Å². The fourth-order valence-electron chi connectivity index (χ4n) is 10.4. The van der Waals surface area contributed by atoms with E-state index in [2.05, 4.69) is 58.5 Å². The van der Waals surface area contributed by atoms with Gasteiger partial charge < -0.3 is 115 Å². The van der Waals surface area contributed by atoms with Crippen LogP contribution < -0.4 is 75.3 Å². The standard InChI is InChI=1S/C63H102N15O25P/c1-10-33(8)51(77-55(90)38(20-21-46(83)84)69-52(87)34(9)67-44(81)26-65)61(96)76-48(30(2)3)58(93)71-39(24-35-16-18-36(80)19-17-35)56(91)70-37(14-11-12-22-64)54(89)73-42(29-103-104(100,101)102)62(97)78-23-13-15-43(78)57(92)74-50(32(6)7)60(95)75-49(31(4)5)59(94)72-41(28-79)53(88)66-27-45(82)68-40(63(98)99)25-47(85)86/h16-19,30-34,37-43,48-51,79-80H,10-15,20-29,64-65H2,1-9H3,(H,66,88)(H,67,81)(H,68,82)(H,69,87)(H,70,91)(H,71,93)(H,72,94)(H,73,89)(H,74,92)(H,75,95)(H,76,96)(H,77,90)(H,83,84)(H,85,86)(H,98,99)(H2,100,101,102)/t33-,34-,37-,38-,39-,40-,41-,42-,43-,48-,49-,50-,51-/m0/s1. The van der Waals surface area contributed by atoms with Crippen LogP contribution in [0.5, 0.6) is 5.75 Å². The molecule has 13 atom stereocenters. The van der Waals surface area contributed by atoms with Gasteiger partial charge in [0.1, 0.15) is 78.3 Å². The number of aromatic hydroxyl groups is 1. The number of rotatable bonds is 46. The predicted molar refractivity (Wildman–Crippen MR) is 364 cm³/mol. The van der Waals surface area contributed by atoms with E-state index in [0.29, 0.717) is 5.56 Å². The van der Waals surface area contributed by atoms with Gasteiger partial charge in [0.25, 0.3) is 0 Å². The Bertz CT molecular complexity index is 3230. The molecule has 0 radical (unpaired) electrons. The monoisotopic (exact) mass is 1500 g/mol. The van der Waals surface area contributed by atoms with Crippen molar-refractivity contribution in [2.75, 3.05) is 39.4 Å². The van der Waals surface area contributed by atoms with Crippen molar-refractivity contribution in [2.24, 2.45) is 35.1 Å². The van der Waals surface area contributed by atoms with Gasteiger partial charge in [0.05, 0.1) is 32.7 Å². The minimum Gasteiger partial charge on any atom is -0.508 e. The number of unbranched alkanes of at least 4 members (excludes halogenated alkanes) is 1. The van der Waals surface area contributed by atoms with Crippen LogP contribution in [0.15, 0.2) is 24.3 Å². The van der Waals surface area contributed by atoms with Gasteiger partial charge in [-0.25, -0.2) is 9.36 Å². The number of phosphoric ester groups is 1. The summed E-state index contributed by atoms with van der Waals surface area (Å²) < 4.78 is 16.9. The molecule has 1 aliphatic heterocycles. The first-order valence-electron chi connectivity index (χ1n) is 33.7. The molecule has 1 fully saturated rings. The molecule has 0 aliphatic carbocycles. The predicted octanol–water partition coefficient (Wildman–Crippen LogP) is -5.98. The van der Waals surface area contributed by atoms with Crippen LogP contribution in [0.25, 0.3) is 0 Å². The van der Waals surface area contributed by atoms with Gasteiger partial charge in [-0.1, -0.05) is 73.9 Å². The van der Waals surface area contributed by atoms with Crippen molar-refractivity contribution >= 4 is 103 Å². The SMILES string of the molecule is CC[C@H](C)[C@H](NC(=O)[C@H](CCC(=O)O)NC(=O)[C@H](C)NC(=O)CN)C(=O)N[C@H](C(=O)N[C@@H](Cc1ccc(O)cc1)C(=O)N[C@@H](CCCCN)C(=O)N[C@@H](COP(=O)(O)O)C(=O)N1CCC[C@H]1C(=O)N[C@H](C(=O)N[C@H](C(=O)N[C@@H](CO)C(=O)NCC(=O)N[C@@H](CC(=O)O)C(=O)O)C(C)C)C(C)C)C(C)C. The van der Waals surface area contributed by atoms with Crippen LogP contribution in [-0.4, -0.2) is 247 Å². The second-order valence-electron chi connectivity index (χ2n) is 25.9. The highest BCUT2D eigenvalue weighted by atomic mass is 31.2. The van der Waals surface area contributed by atoms with Crippen LogP contribution in [0, 0.1) is 23.7 Å². The van der Waals surface area contributed by atoms with Crippen molar-refractivity contribution in [3.8, 4) is 5.75 Å². The Morgan fingerprint density at radius 3 is 1.56 bits per heavy atom. The van der Waals surface area contributed by atoms with Crippen molar-refractivity contribution in [3.05, 3.63) is 29.8 Å². The normalized spacial score (nSPS) is 16.3. The molecule has 0 spiro atoms. The second kappa shape index (κ2) is 44.2. The molecule has 1 aromatic carbocycles. The number of carbonyl (C=O) groups excluding carboxylic acids is 13. The first kappa shape index (κ1) is 90.6. The Hall–Kier alpha value is -9.47. The number of hydrogen-bond acceptors (Lipinski definition) is 22. The number of aliphatic hydroxyl groups excluding tert-OH is 1. The third kappa shape index (κ3) is 31.2. The van der Waals surface area contributed by atoms with Gasteiger partial charge in [-0.15, -0.1) is 0 Å². The molecular weight excluding hydrogens is 1400 g/mol. The summed E-state index contributed by atoms with van der Waals surface area (Å²) in [5, 5.41) is 76.4. The first-order chi connectivity index (χ1) is 48.6. The zero-order chi connectivity index (χ0) is 79.0. The van der Waals surface area contributed by atoms with Gasteiger partial charge in [0.2, 0.25) is 76.8 Å². The van der Waals surface area contributed by atoms with Gasteiger partial charge in [-0.05, 0) is 93.4 Å². The van der Waals surface area contributed by atoms with Gasteiger partial charge >= 0.3 is 25.7 Å². The highest BCUT2D eigenvalue weighted by Crippen LogP contribution is 2.36. The van der Waals surface area contributed by atoms with Crippen LogP contribution in [0.4, 0.5) is 0 Å². The number of carboxylic acids is 3. The quantitative estimate of drug-likeness (QED) is 0.0213. The number of nitrogens with one attached hydrogen (secondary N) is 12. The van der Waals surface area contributed by atoms with E-state index < -0.39 is 244 Å². The van der Waals surface area contributed by atoms with Crippen LogP contribution in [0.1, 0.15) is 126 Å². The smallest absolute Gasteiger partial charge is 0.469 e. The number of phosphoric acid groups is 1. The molecule has 104 heavy (non-hydrogen) atoms. The molecule has 2 rings (SSSR count). The van der Waals surface area contributed by atoms with Crippen LogP contribution in [0.3, 0.4) is 0 Å². The molecule has 13 amide bonds. The zero-order valence-electron chi connectivity index (χ0n) is 59.4. The van der Waals surface area contributed by atoms with Crippen molar-refractivity contribution in [1.82, 2.24) is 68.7 Å². The molecule has 0 unspecified atom stereocenters. The first-order valence-corrected chi connectivity index (χ1v) is 35.2. The average molecular weight is 1500 g/mol. The van der Waals surface area contributed by atoms with E-state index >= 15 is 0 Å². The van der Waals surface area contributed by atoms with Crippen LogP contribution >= 0.6 is 7.82 Å². The number of amides is 13. The number of nitrogens with two attached hydrogens (primary N) is 2. The Labute approximate surface area is 599 Å². The number of aliphatic hydroxyl groups is 1. The van der Waals surface area contributed by atoms with E-state index in [1.165, 1.54) is 72.7 Å². The molecule has 23 N–H and O–H groups in total. The Morgan fingerprint density at radius 2 is 1.05 bits per heavy atom. The van der Waals surface area contributed by atoms with Crippen LogP contribution in [0.2, 0.25) is 0 Å². The summed E-state index contributed by atoms with van der Waals surface area (Å²) in [4.78, 5) is 234. The maximum Gasteiger partial charge on any atom is 0.469 e. The maximum atomic E-state index is 14.7. The molecular formula is C63H102N15O25P. The number of phenolic OH excluding ortho intramolecular Hbond substituents is 1. The number of phenols is 1. The second-order valence-corrected chi connectivity index (χ2v) is 27.1. The molecule has 0 aromatic heterocycles. The number of nitrogens with zero attached hydrogens (tertiary/aromatic N) is 1. The lowest BCUT2D eigenvalue weighted by atomic mass is 9.95. The molecule has 1 saturated heterocycles. The van der Waals surface area contributed by atoms with Gasteiger partial charge in [-0.2, -0.15) is 0 Å². The van der Waals surface area contributed by atoms with Gasteiger partial charge in [0, 0.05) is 19.4 Å². The van der Waals surface area contributed by atoms with Crippen molar-refractivity contribution in [1.29, 1.82) is 0 Å². The Balaban J connectivity index is 2.51. The van der Waals surface area contributed by atoms with Crippen molar-refractivity contribution < 1.29 is 121 Å². The molecule has 0 bridgehead atoms. The number of hydrogen-bond donors (Lipinski definition) is 21. The lowest BCUT2D eigenvalue weighted by molar-refractivity contribution is -0.147. The van der Waals surface area contributed by atoms with Crippen molar-refractivity contribution in [3.63, 3.8) is 0 Å². The molecule has 41 heteroatoms. The molecule has 584 valence electrons. The number of aliphatic carboxylic acids is 3.